The van der Waals surface area contributed by atoms with Gasteiger partial charge in [0.2, 0.25) is 0 Å². The molecule has 3 heteroatoms. The normalized spacial score (nSPS) is 18.0. The van der Waals surface area contributed by atoms with Gasteiger partial charge in [-0.2, -0.15) is 0 Å². The SMILES string of the molecule is CCC(N)CCCN1CCN(c2cccc(C)c2C)CC1. The lowest BCUT2D eigenvalue weighted by atomic mass is 10.1. The zero-order valence-corrected chi connectivity index (χ0v) is 13.9. The average molecular weight is 289 g/mol. The second-order valence-electron chi connectivity index (χ2n) is 6.36. The van der Waals surface area contributed by atoms with Gasteiger partial charge < -0.3 is 10.6 Å². The van der Waals surface area contributed by atoms with Crippen molar-refractivity contribution < 1.29 is 0 Å². The van der Waals surface area contributed by atoms with Gasteiger partial charge in [0.1, 0.15) is 0 Å². The van der Waals surface area contributed by atoms with Gasteiger partial charge in [-0.15, -0.1) is 0 Å². The van der Waals surface area contributed by atoms with Crippen molar-refractivity contribution in [2.45, 2.75) is 46.1 Å². The molecule has 1 aromatic rings. The maximum atomic E-state index is 5.99. The minimum atomic E-state index is 0.390. The van der Waals surface area contributed by atoms with E-state index in [1.807, 2.05) is 0 Å². The first kappa shape index (κ1) is 16.3. The Balaban J connectivity index is 1.79. The van der Waals surface area contributed by atoms with E-state index in [1.54, 1.807) is 0 Å². The van der Waals surface area contributed by atoms with Crippen molar-refractivity contribution in [3.05, 3.63) is 29.3 Å². The Morgan fingerprint density at radius 3 is 2.52 bits per heavy atom. The van der Waals surface area contributed by atoms with E-state index in [2.05, 4.69) is 48.8 Å². The summed E-state index contributed by atoms with van der Waals surface area (Å²) >= 11 is 0. The van der Waals surface area contributed by atoms with Crippen LogP contribution in [0, 0.1) is 13.8 Å². The van der Waals surface area contributed by atoms with Gasteiger partial charge in [-0.25, -0.2) is 0 Å². The first-order valence-corrected chi connectivity index (χ1v) is 8.41. The van der Waals surface area contributed by atoms with Gasteiger partial charge in [0.05, 0.1) is 0 Å². The van der Waals surface area contributed by atoms with Crippen molar-refractivity contribution in [1.29, 1.82) is 0 Å². The molecular weight excluding hydrogens is 258 g/mol. The van der Waals surface area contributed by atoms with E-state index in [9.17, 15) is 0 Å². The highest BCUT2D eigenvalue weighted by Gasteiger charge is 2.18. The number of nitrogens with zero attached hydrogens (tertiary/aromatic N) is 2. The van der Waals surface area contributed by atoms with Gasteiger partial charge in [0.15, 0.2) is 0 Å². The Labute approximate surface area is 130 Å². The summed E-state index contributed by atoms with van der Waals surface area (Å²) in [5.74, 6) is 0. The number of benzene rings is 1. The molecule has 0 amide bonds. The van der Waals surface area contributed by atoms with Crippen LogP contribution in [0.4, 0.5) is 5.69 Å². The molecule has 0 aromatic heterocycles. The molecule has 1 aliphatic rings. The molecule has 3 nitrogen and oxygen atoms in total. The molecule has 0 spiro atoms. The van der Waals surface area contributed by atoms with E-state index < -0.39 is 0 Å². The number of hydrogen-bond donors (Lipinski definition) is 1. The largest absolute Gasteiger partial charge is 0.369 e. The van der Waals surface area contributed by atoms with E-state index in [-0.39, 0.29) is 0 Å². The molecule has 2 N–H and O–H groups in total. The van der Waals surface area contributed by atoms with Crippen molar-refractivity contribution in [3.63, 3.8) is 0 Å². The number of aryl methyl sites for hydroxylation is 1. The minimum absolute atomic E-state index is 0.390. The summed E-state index contributed by atoms with van der Waals surface area (Å²) in [5.41, 5.74) is 10.2. The lowest BCUT2D eigenvalue weighted by Gasteiger charge is -2.37. The van der Waals surface area contributed by atoms with Crippen molar-refractivity contribution in [3.8, 4) is 0 Å². The zero-order valence-electron chi connectivity index (χ0n) is 13.9. The molecule has 21 heavy (non-hydrogen) atoms. The third kappa shape index (κ3) is 4.45. The summed E-state index contributed by atoms with van der Waals surface area (Å²) in [6.07, 6.45) is 3.49. The molecule has 0 aliphatic carbocycles. The van der Waals surface area contributed by atoms with Crippen LogP contribution in [0.15, 0.2) is 18.2 Å². The monoisotopic (exact) mass is 289 g/mol. The second-order valence-corrected chi connectivity index (χ2v) is 6.36. The van der Waals surface area contributed by atoms with Crippen LogP contribution >= 0.6 is 0 Å². The summed E-state index contributed by atoms with van der Waals surface area (Å²) in [4.78, 5) is 5.13. The fraction of sp³-hybridized carbons (Fsp3) is 0.667. The zero-order chi connectivity index (χ0) is 15.2. The Kier molecular flexibility index (Phi) is 6.07. The Bertz CT molecular complexity index is 436. The predicted octanol–water partition coefficient (Wildman–Crippen LogP) is 2.94. The molecule has 1 fully saturated rings. The molecule has 1 unspecified atom stereocenters. The van der Waals surface area contributed by atoms with Crippen molar-refractivity contribution >= 4 is 5.69 Å². The highest BCUT2D eigenvalue weighted by atomic mass is 15.3. The van der Waals surface area contributed by atoms with E-state index in [0.29, 0.717) is 6.04 Å². The first-order valence-electron chi connectivity index (χ1n) is 8.41. The number of piperazine rings is 1. The first-order chi connectivity index (χ1) is 10.1. The Morgan fingerprint density at radius 2 is 1.86 bits per heavy atom. The second kappa shape index (κ2) is 7.81. The molecule has 1 saturated heterocycles. The maximum Gasteiger partial charge on any atom is 0.0399 e. The fourth-order valence-corrected chi connectivity index (χ4v) is 3.07. The van der Waals surface area contributed by atoms with Gasteiger partial charge >= 0.3 is 0 Å². The summed E-state index contributed by atoms with van der Waals surface area (Å²) in [6, 6.07) is 7.03. The Hall–Kier alpha value is -1.06. The summed E-state index contributed by atoms with van der Waals surface area (Å²) < 4.78 is 0. The van der Waals surface area contributed by atoms with E-state index >= 15 is 0 Å². The van der Waals surface area contributed by atoms with Crippen LogP contribution in [0.3, 0.4) is 0 Å². The molecular formula is C18H31N3. The van der Waals surface area contributed by atoms with E-state index in [4.69, 9.17) is 5.73 Å². The van der Waals surface area contributed by atoms with Gasteiger partial charge in [-0.05, 0) is 56.8 Å². The molecule has 0 bridgehead atoms. The average Bonchev–Trinajstić information content (AvgIpc) is 2.51. The number of anilines is 1. The third-order valence-corrected chi connectivity index (χ3v) is 4.86. The molecule has 0 radical (unpaired) electrons. The summed E-state index contributed by atoms with van der Waals surface area (Å²) in [5, 5.41) is 0. The van der Waals surface area contributed by atoms with Gasteiger partial charge in [0.25, 0.3) is 0 Å². The molecule has 1 atom stereocenters. The number of rotatable bonds is 6. The standard InChI is InChI=1S/C18H31N3/c1-4-17(19)8-6-10-20-11-13-21(14-12-20)18-9-5-7-15(2)16(18)3/h5,7,9,17H,4,6,8,10-14,19H2,1-3H3. The third-order valence-electron chi connectivity index (χ3n) is 4.86. The fourth-order valence-electron chi connectivity index (χ4n) is 3.07. The van der Waals surface area contributed by atoms with Crippen LogP contribution in [-0.4, -0.2) is 43.7 Å². The van der Waals surface area contributed by atoms with Crippen molar-refractivity contribution in [2.24, 2.45) is 5.73 Å². The van der Waals surface area contributed by atoms with Crippen LogP contribution in [0.2, 0.25) is 0 Å². The van der Waals surface area contributed by atoms with Gasteiger partial charge in [0, 0.05) is 37.9 Å². The molecule has 118 valence electrons. The molecule has 1 heterocycles. The molecule has 2 rings (SSSR count). The van der Waals surface area contributed by atoms with Crippen LogP contribution in [0.5, 0.6) is 0 Å². The van der Waals surface area contributed by atoms with Crippen LogP contribution < -0.4 is 10.6 Å². The predicted molar refractivity (Wildman–Crippen MR) is 92.1 cm³/mol. The lowest BCUT2D eigenvalue weighted by molar-refractivity contribution is 0.250. The number of nitrogens with two attached hydrogens (primary N) is 1. The van der Waals surface area contributed by atoms with E-state index in [1.165, 1.54) is 42.9 Å². The van der Waals surface area contributed by atoms with E-state index in [0.717, 1.165) is 25.9 Å². The smallest absolute Gasteiger partial charge is 0.0399 e. The van der Waals surface area contributed by atoms with Crippen molar-refractivity contribution in [1.82, 2.24) is 4.90 Å². The Morgan fingerprint density at radius 1 is 1.14 bits per heavy atom. The lowest BCUT2D eigenvalue weighted by Crippen LogP contribution is -2.47. The molecule has 1 aromatic carbocycles. The summed E-state index contributed by atoms with van der Waals surface area (Å²) in [7, 11) is 0. The van der Waals surface area contributed by atoms with Crippen LogP contribution in [-0.2, 0) is 0 Å². The van der Waals surface area contributed by atoms with Gasteiger partial charge in [-0.3, -0.25) is 4.90 Å². The maximum absolute atomic E-state index is 5.99. The number of hydrogen-bond acceptors (Lipinski definition) is 3. The minimum Gasteiger partial charge on any atom is -0.369 e. The van der Waals surface area contributed by atoms with Gasteiger partial charge in [-0.1, -0.05) is 19.1 Å². The topological polar surface area (TPSA) is 32.5 Å². The van der Waals surface area contributed by atoms with Crippen LogP contribution in [0.25, 0.3) is 0 Å². The quantitative estimate of drug-likeness (QED) is 0.874. The van der Waals surface area contributed by atoms with Crippen LogP contribution in [0.1, 0.15) is 37.3 Å². The highest BCUT2D eigenvalue weighted by Crippen LogP contribution is 2.23. The highest BCUT2D eigenvalue weighted by molar-refractivity contribution is 5.56. The summed E-state index contributed by atoms with van der Waals surface area (Å²) in [6.45, 7) is 12.5. The molecule has 0 saturated carbocycles. The molecule has 1 aliphatic heterocycles. The van der Waals surface area contributed by atoms with Crippen molar-refractivity contribution in [2.75, 3.05) is 37.6 Å².